The Balaban J connectivity index is 2.34. The van der Waals surface area contributed by atoms with Gasteiger partial charge in [0.25, 0.3) is 0 Å². The first-order chi connectivity index (χ1) is 10.2. The van der Waals surface area contributed by atoms with Crippen molar-refractivity contribution in [3.8, 4) is 5.75 Å². The minimum atomic E-state index is -5.67. The average Bonchev–Trinajstić information content (AvgIpc) is 2.42. The molecule has 0 bridgehead atoms. The van der Waals surface area contributed by atoms with Gasteiger partial charge in [-0.05, 0) is 40.2 Å². The lowest BCUT2D eigenvalue weighted by molar-refractivity contribution is -0.599. The summed E-state index contributed by atoms with van der Waals surface area (Å²) in [4.78, 5) is 0. The van der Waals surface area contributed by atoms with E-state index in [2.05, 4.69) is 20.1 Å². The van der Waals surface area contributed by atoms with E-state index in [-0.39, 0.29) is 5.75 Å². The predicted molar refractivity (Wildman–Crippen MR) is 73.6 cm³/mol. The predicted octanol–water partition coefficient (Wildman–Crippen LogP) is 0.806. The van der Waals surface area contributed by atoms with Crippen molar-refractivity contribution in [2.45, 2.75) is 5.51 Å². The summed E-state index contributed by atoms with van der Waals surface area (Å²) in [7, 11) is -5.67. The first-order valence-electron chi connectivity index (χ1n) is 5.70. The van der Waals surface area contributed by atoms with Crippen molar-refractivity contribution >= 4 is 26.0 Å². The lowest BCUT2D eigenvalue weighted by atomic mass is 10.3. The number of para-hydroxylation sites is 1. The highest BCUT2D eigenvalue weighted by Gasteiger charge is 2.49. The number of hydrogen-bond acceptors (Lipinski definition) is 3. The van der Waals surface area contributed by atoms with Gasteiger partial charge in [-0.1, -0.05) is 24.3 Å². The Morgan fingerprint density at radius 2 is 1.50 bits per heavy atom. The normalized spacial score (nSPS) is 12.2. The number of hydrogen-bond donors (Lipinski definition) is 0. The van der Waals surface area contributed by atoms with E-state index in [0.29, 0.717) is 3.57 Å². The molecule has 2 rings (SSSR count). The van der Waals surface area contributed by atoms with Gasteiger partial charge in [0.05, 0.1) is 4.47 Å². The molecule has 118 valence electrons. The second-order valence-corrected chi connectivity index (χ2v) is 9.18. The van der Waals surface area contributed by atoms with Crippen molar-refractivity contribution in [3.63, 3.8) is 0 Å². The summed E-state index contributed by atoms with van der Waals surface area (Å²) in [5.74, 6) is -0.289. The van der Waals surface area contributed by atoms with E-state index in [1.54, 1.807) is 18.2 Å². The SMILES string of the molecule is O=S(=O)(Oc1ccccc1[I+]c1ccccc1Br)C(F)(F)F. The molecule has 0 heterocycles. The Morgan fingerprint density at radius 1 is 0.955 bits per heavy atom. The van der Waals surface area contributed by atoms with Crippen molar-refractivity contribution in [1.82, 2.24) is 0 Å². The fraction of sp³-hybridized carbons (Fsp3) is 0.0769. The molecule has 0 radical (unpaired) electrons. The first-order valence-corrected chi connectivity index (χ1v) is 10.1. The summed E-state index contributed by atoms with van der Waals surface area (Å²) >= 11 is 2.45. The van der Waals surface area contributed by atoms with Crippen LogP contribution in [-0.2, 0) is 10.1 Å². The molecule has 3 nitrogen and oxygen atoms in total. The second kappa shape index (κ2) is 6.75. The highest BCUT2D eigenvalue weighted by Crippen LogP contribution is 2.26. The zero-order valence-electron chi connectivity index (χ0n) is 10.6. The van der Waals surface area contributed by atoms with Crippen LogP contribution >= 0.6 is 15.9 Å². The molecule has 2 aromatic rings. The van der Waals surface area contributed by atoms with Crippen molar-refractivity contribution in [2.24, 2.45) is 0 Å². The van der Waals surface area contributed by atoms with Crippen LogP contribution in [0, 0.1) is 7.14 Å². The van der Waals surface area contributed by atoms with E-state index >= 15 is 0 Å². The Hall–Kier alpha value is -0.810. The number of halogens is 5. The van der Waals surface area contributed by atoms with Crippen LogP contribution in [0.4, 0.5) is 13.2 Å². The van der Waals surface area contributed by atoms with Gasteiger partial charge in [0.2, 0.25) is 7.14 Å². The largest absolute Gasteiger partial charge is 0.534 e. The summed E-state index contributed by atoms with van der Waals surface area (Å²) < 4.78 is 66.0. The van der Waals surface area contributed by atoms with Gasteiger partial charge < -0.3 is 4.18 Å². The van der Waals surface area contributed by atoms with Crippen LogP contribution in [-0.4, -0.2) is 13.9 Å². The molecule has 0 saturated heterocycles. The molecule has 0 saturated carbocycles. The molecule has 0 aliphatic carbocycles. The smallest absolute Gasteiger partial charge is 0.371 e. The fourth-order valence-electron chi connectivity index (χ4n) is 1.38. The molecular formula is C13H8BrF3IO3S+. The molecule has 0 aliphatic rings. The second-order valence-electron chi connectivity index (χ2n) is 3.92. The first kappa shape index (κ1) is 17.5. The van der Waals surface area contributed by atoms with E-state index in [1.807, 2.05) is 18.2 Å². The molecule has 0 aliphatic heterocycles. The van der Waals surface area contributed by atoms with Crippen LogP contribution in [0.2, 0.25) is 0 Å². The fourth-order valence-corrected chi connectivity index (χ4v) is 5.19. The molecule has 22 heavy (non-hydrogen) atoms. The summed E-state index contributed by atoms with van der Waals surface area (Å²) in [5.41, 5.74) is -5.45. The zero-order chi connectivity index (χ0) is 16.4. The van der Waals surface area contributed by atoms with E-state index < -0.39 is 36.8 Å². The van der Waals surface area contributed by atoms with Crippen LogP contribution in [0.3, 0.4) is 0 Å². The van der Waals surface area contributed by atoms with Crippen molar-refractivity contribution in [1.29, 1.82) is 0 Å². The third-order valence-corrected chi connectivity index (χ3v) is 7.74. The summed E-state index contributed by atoms with van der Waals surface area (Å²) in [5, 5.41) is 0. The van der Waals surface area contributed by atoms with Crippen molar-refractivity contribution in [3.05, 3.63) is 60.1 Å². The van der Waals surface area contributed by atoms with E-state index in [1.165, 1.54) is 12.1 Å². The third-order valence-electron chi connectivity index (χ3n) is 2.35. The Bertz CT molecular complexity index is 778. The quantitative estimate of drug-likeness (QED) is 0.349. The molecule has 9 heteroatoms. The third kappa shape index (κ3) is 4.13. The van der Waals surface area contributed by atoms with Gasteiger partial charge in [-0.3, -0.25) is 0 Å². The van der Waals surface area contributed by atoms with E-state index in [0.717, 1.165) is 8.04 Å². The van der Waals surface area contributed by atoms with Crippen molar-refractivity contribution in [2.75, 3.05) is 0 Å². The van der Waals surface area contributed by atoms with Crippen molar-refractivity contribution < 1.29 is 47.0 Å². The van der Waals surface area contributed by atoms with Gasteiger partial charge in [-0.25, -0.2) is 0 Å². The Morgan fingerprint density at radius 3 is 2.09 bits per heavy atom. The highest BCUT2D eigenvalue weighted by molar-refractivity contribution is 9.10. The van der Waals surface area contributed by atoms with E-state index in [9.17, 15) is 21.6 Å². The number of alkyl halides is 3. The monoisotopic (exact) mass is 507 g/mol. The van der Waals surface area contributed by atoms with Crippen LogP contribution in [0.1, 0.15) is 0 Å². The minimum Gasteiger partial charge on any atom is -0.371 e. The molecule has 0 N–H and O–H groups in total. The van der Waals surface area contributed by atoms with Gasteiger partial charge in [-0.2, -0.15) is 21.6 Å². The lowest BCUT2D eigenvalue weighted by Gasteiger charge is -2.08. The Labute approximate surface area is 144 Å². The van der Waals surface area contributed by atoms with Gasteiger partial charge in [0.1, 0.15) is 0 Å². The molecule has 0 spiro atoms. The molecule has 0 unspecified atom stereocenters. The number of benzene rings is 2. The lowest BCUT2D eigenvalue weighted by Crippen LogP contribution is -3.61. The van der Waals surface area contributed by atoms with Gasteiger partial charge in [0, 0.05) is 0 Å². The molecule has 0 fully saturated rings. The molecular weight excluding hydrogens is 500 g/mol. The molecule has 0 amide bonds. The maximum Gasteiger partial charge on any atom is 0.534 e. The van der Waals surface area contributed by atoms with Gasteiger partial charge in [0.15, 0.2) is 5.75 Å². The highest BCUT2D eigenvalue weighted by atomic mass is 127. The molecule has 0 atom stereocenters. The topological polar surface area (TPSA) is 43.4 Å². The Kier molecular flexibility index (Phi) is 5.38. The van der Waals surface area contributed by atoms with Crippen LogP contribution < -0.4 is 25.4 Å². The van der Waals surface area contributed by atoms with Gasteiger partial charge >= 0.3 is 36.8 Å². The summed E-state index contributed by atoms with van der Waals surface area (Å²) in [6.45, 7) is 0. The minimum absolute atomic E-state index is 0.289. The van der Waals surface area contributed by atoms with Crippen LogP contribution in [0.15, 0.2) is 53.0 Å². The van der Waals surface area contributed by atoms with Gasteiger partial charge in [-0.15, -0.1) is 0 Å². The standard InChI is InChI=1S/C13H8BrF3IO3S/c14-9-5-1-2-6-10(9)18-11-7-3-4-8-12(11)21-22(19,20)13(15,16)17/h1-8H/q+1. The zero-order valence-corrected chi connectivity index (χ0v) is 15.2. The number of rotatable bonds is 4. The van der Waals surface area contributed by atoms with Crippen LogP contribution in [0.25, 0.3) is 0 Å². The van der Waals surface area contributed by atoms with Crippen LogP contribution in [0.5, 0.6) is 5.75 Å². The summed E-state index contributed by atoms with van der Waals surface area (Å²) in [6.07, 6.45) is 0. The van der Waals surface area contributed by atoms with E-state index in [4.69, 9.17) is 0 Å². The average molecular weight is 508 g/mol. The summed E-state index contributed by atoms with van der Waals surface area (Å²) in [6, 6.07) is 13.1. The maximum atomic E-state index is 12.4. The molecule has 2 aromatic carbocycles. The molecule has 0 aromatic heterocycles. The maximum absolute atomic E-state index is 12.4.